The van der Waals surface area contributed by atoms with E-state index in [2.05, 4.69) is 4.57 Å². The smallest absolute Gasteiger partial charge is 0.255 e. The number of carbonyl (C=O) groups is 1. The van der Waals surface area contributed by atoms with Gasteiger partial charge in [0.2, 0.25) is 0 Å². The predicted molar refractivity (Wildman–Crippen MR) is 93.9 cm³/mol. The second-order valence-electron chi connectivity index (χ2n) is 6.24. The fourth-order valence-corrected chi connectivity index (χ4v) is 2.96. The number of nitrogens with zero attached hydrogens (tertiary/aromatic N) is 2. The molecule has 0 radical (unpaired) electrons. The molecule has 2 heterocycles. The SMILES string of the molecule is Cc1cc(C(=O)N(C)Cc2ccc(F)cc2)c(C)n1Cc1ccco1. The number of aryl methyl sites for hydroxylation is 1. The molecule has 130 valence electrons. The monoisotopic (exact) mass is 340 g/mol. The van der Waals surface area contributed by atoms with Gasteiger partial charge in [-0.2, -0.15) is 0 Å². The minimum absolute atomic E-state index is 0.0527. The van der Waals surface area contributed by atoms with Crippen LogP contribution < -0.4 is 0 Å². The summed E-state index contributed by atoms with van der Waals surface area (Å²) in [4.78, 5) is 14.5. The molecule has 0 aliphatic heterocycles. The van der Waals surface area contributed by atoms with E-state index in [9.17, 15) is 9.18 Å². The Balaban J connectivity index is 1.78. The highest BCUT2D eigenvalue weighted by atomic mass is 19.1. The lowest BCUT2D eigenvalue weighted by Crippen LogP contribution is -2.26. The molecule has 0 atom stereocenters. The van der Waals surface area contributed by atoms with E-state index in [1.54, 1.807) is 30.3 Å². The number of aromatic nitrogens is 1. The topological polar surface area (TPSA) is 38.4 Å². The summed E-state index contributed by atoms with van der Waals surface area (Å²) >= 11 is 0. The molecule has 3 aromatic rings. The van der Waals surface area contributed by atoms with Crippen LogP contribution >= 0.6 is 0 Å². The lowest BCUT2D eigenvalue weighted by molar-refractivity contribution is 0.0784. The molecule has 0 saturated heterocycles. The van der Waals surface area contributed by atoms with Crippen LogP contribution in [-0.4, -0.2) is 22.4 Å². The minimum Gasteiger partial charge on any atom is -0.467 e. The van der Waals surface area contributed by atoms with Gasteiger partial charge in [-0.05, 0) is 49.7 Å². The van der Waals surface area contributed by atoms with E-state index in [0.29, 0.717) is 18.7 Å². The van der Waals surface area contributed by atoms with Gasteiger partial charge in [0.05, 0.1) is 18.4 Å². The van der Waals surface area contributed by atoms with Crippen molar-refractivity contribution in [2.75, 3.05) is 7.05 Å². The summed E-state index contributed by atoms with van der Waals surface area (Å²) in [6, 6.07) is 11.9. The maximum atomic E-state index is 13.0. The van der Waals surface area contributed by atoms with Crippen molar-refractivity contribution in [3.05, 3.63) is 82.8 Å². The summed E-state index contributed by atoms with van der Waals surface area (Å²) in [5, 5.41) is 0. The second kappa shape index (κ2) is 6.97. The Labute approximate surface area is 146 Å². The number of amides is 1. The van der Waals surface area contributed by atoms with Gasteiger partial charge in [-0.15, -0.1) is 0 Å². The maximum absolute atomic E-state index is 13.0. The van der Waals surface area contributed by atoms with Gasteiger partial charge in [-0.25, -0.2) is 4.39 Å². The Kier molecular flexibility index (Phi) is 4.74. The second-order valence-corrected chi connectivity index (χ2v) is 6.24. The third kappa shape index (κ3) is 3.65. The molecule has 5 heteroatoms. The average Bonchev–Trinajstić information content (AvgIpc) is 3.20. The van der Waals surface area contributed by atoms with Crippen LogP contribution in [0.25, 0.3) is 0 Å². The minimum atomic E-state index is -0.279. The largest absolute Gasteiger partial charge is 0.467 e. The molecular weight excluding hydrogens is 319 g/mol. The van der Waals surface area contributed by atoms with E-state index in [1.165, 1.54) is 12.1 Å². The van der Waals surface area contributed by atoms with Crippen LogP contribution in [0.3, 0.4) is 0 Å². The molecule has 0 aliphatic carbocycles. The van der Waals surface area contributed by atoms with Gasteiger partial charge in [0.15, 0.2) is 0 Å². The van der Waals surface area contributed by atoms with Gasteiger partial charge in [-0.3, -0.25) is 4.79 Å². The van der Waals surface area contributed by atoms with Crippen molar-refractivity contribution in [1.29, 1.82) is 0 Å². The van der Waals surface area contributed by atoms with E-state index in [-0.39, 0.29) is 11.7 Å². The molecule has 0 unspecified atom stereocenters. The molecule has 0 fully saturated rings. The number of hydrogen-bond acceptors (Lipinski definition) is 2. The van der Waals surface area contributed by atoms with Crippen molar-refractivity contribution >= 4 is 5.91 Å². The standard InChI is InChI=1S/C20H21FN2O2/c1-14-11-19(15(2)23(14)13-18-5-4-10-25-18)20(24)22(3)12-16-6-8-17(21)9-7-16/h4-11H,12-13H2,1-3H3. The molecule has 0 saturated carbocycles. The highest BCUT2D eigenvalue weighted by Gasteiger charge is 2.19. The van der Waals surface area contributed by atoms with Gasteiger partial charge in [0, 0.05) is 25.0 Å². The van der Waals surface area contributed by atoms with Gasteiger partial charge in [0.25, 0.3) is 5.91 Å². The normalized spacial score (nSPS) is 10.9. The van der Waals surface area contributed by atoms with Crippen molar-refractivity contribution in [2.45, 2.75) is 26.9 Å². The van der Waals surface area contributed by atoms with E-state index in [0.717, 1.165) is 22.7 Å². The molecule has 25 heavy (non-hydrogen) atoms. The summed E-state index contributed by atoms with van der Waals surface area (Å²) in [5.74, 6) is 0.516. The van der Waals surface area contributed by atoms with Crippen LogP contribution in [0.4, 0.5) is 4.39 Å². The Hall–Kier alpha value is -2.82. The van der Waals surface area contributed by atoms with E-state index in [1.807, 2.05) is 32.0 Å². The van der Waals surface area contributed by atoms with Crippen LogP contribution in [0.1, 0.15) is 33.1 Å². The van der Waals surface area contributed by atoms with Crippen LogP contribution in [0.15, 0.2) is 53.1 Å². The number of hydrogen-bond donors (Lipinski definition) is 0. The molecule has 0 aliphatic rings. The van der Waals surface area contributed by atoms with E-state index >= 15 is 0 Å². The fourth-order valence-electron chi connectivity index (χ4n) is 2.96. The van der Waals surface area contributed by atoms with Gasteiger partial charge < -0.3 is 13.9 Å². The first kappa shape index (κ1) is 17.0. The first-order valence-corrected chi connectivity index (χ1v) is 8.14. The number of rotatable bonds is 5. The quantitative estimate of drug-likeness (QED) is 0.699. The lowest BCUT2D eigenvalue weighted by Gasteiger charge is -2.17. The summed E-state index contributed by atoms with van der Waals surface area (Å²) < 4.78 is 20.5. The lowest BCUT2D eigenvalue weighted by atomic mass is 10.2. The molecule has 1 amide bonds. The maximum Gasteiger partial charge on any atom is 0.255 e. The van der Waals surface area contributed by atoms with Gasteiger partial charge >= 0.3 is 0 Å². The molecule has 1 aromatic carbocycles. The van der Waals surface area contributed by atoms with E-state index < -0.39 is 0 Å². The molecule has 0 bridgehead atoms. The van der Waals surface area contributed by atoms with Crippen LogP contribution in [0, 0.1) is 19.7 Å². The number of benzene rings is 1. The molecular formula is C20H21FN2O2. The van der Waals surface area contributed by atoms with Crippen LogP contribution in [-0.2, 0) is 13.1 Å². The van der Waals surface area contributed by atoms with Crippen molar-refractivity contribution in [3.63, 3.8) is 0 Å². The third-order valence-corrected chi connectivity index (χ3v) is 4.38. The molecule has 0 N–H and O–H groups in total. The van der Waals surface area contributed by atoms with Crippen molar-refractivity contribution in [3.8, 4) is 0 Å². The van der Waals surface area contributed by atoms with E-state index in [4.69, 9.17) is 4.42 Å². The highest BCUT2D eigenvalue weighted by molar-refractivity contribution is 5.95. The molecule has 0 spiro atoms. The zero-order valence-corrected chi connectivity index (χ0v) is 14.6. The molecule has 3 rings (SSSR count). The first-order chi connectivity index (χ1) is 12.0. The highest BCUT2D eigenvalue weighted by Crippen LogP contribution is 2.19. The van der Waals surface area contributed by atoms with Gasteiger partial charge in [-0.1, -0.05) is 12.1 Å². The summed E-state index contributed by atoms with van der Waals surface area (Å²) in [6.07, 6.45) is 1.64. The Bertz CT molecular complexity index is 864. The fraction of sp³-hybridized carbons (Fsp3) is 0.250. The van der Waals surface area contributed by atoms with Crippen LogP contribution in [0.2, 0.25) is 0 Å². The first-order valence-electron chi connectivity index (χ1n) is 8.14. The van der Waals surface area contributed by atoms with Crippen molar-refractivity contribution < 1.29 is 13.6 Å². The average molecular weight is 340 g/mol. The van der Waals surface area contributed by atoms with Crippen molar-refractivity contribution in [2.24, 2.45) is 0 Å². The Morgan fingerprint density at radius 3 is 2.56 bits per heavy atom. The van der Waals surface area contributed by atoms with Gasteiger partial charge in [0.1, 0.15) is 11.6 Å². The molecule has 2 aromatic heterocycles. The number of carbonyl (C=O) groups excluding carboxylic acids is 1. The number of furan rings is 1. The van der Waals surface area contributed by atoms with Crippen molar-refractivity contribution in [1.82, 2.24) is 9.47 Å². The summed E-state index contributed by atoms with van der Waals surface area (Å²) in [6.45, 7) is 4.95. The Morgan fingerprint density at radius 1 is 1.20 bits per heavy atom. The Morgan fingerprint density at radius 2 is 1.92 bits per heavy atom. The zero-order valence-electron chi connectivity index (χ0n) is 14.6. The number of halogens is 1. The summed E-state index contributed by atoms with van der Waals surface area (Å²) in [5.41, 5.74) is 3.48. The zero-order chi connectivity index (χ0) is 18.0. The predicted octanol–water partition coefficient (Wildman–Crippen LogP) is 4.16. The summed E-state index contributed by atoms with van der Waals surface area (Å²) in [7, 11) is 1.75. The van der Waals surface area contributed by atoms with Crippen LogP contribution in [0.5, 0.6) is 0 Å². The third-order valence-electron chi connectivity index (χ3n) is 4.38. The molecule has 4 nitrogen and oxygen atoms in total.